The molecular weight excluding hydrogens is 446 g/mol. The van der Waals surface area contributed by atoms with Gasteiger partial charge in [-0.25, -0.2) is 14.6 Å². The fraction of sp³-hybridized carbons (Fsp3) is 0.385. The van der Waals surface area contributed by atoms with Gasteiger partial charge in [-0.2, -0.15) is 0 Å². The number of likely N-dealkylation sites (tertiary alicyclic amines) is 1. The molecule has 0 aliphatic carbocycles. The second kappa shape index (κ2) is 12.5. The van der Waals surface area contributed by atoms with Crippen molar-refractivity contribution in [2.45, 2.75) is 51.0 Å². The van der Waals surface area contributed by atoms with Crippen molar-refractivity contribution >= 4 is 29.4 Å². The number of carboxylic acids is 1. The number of nitrogens with one attached hydrogen (secondary N) is 1. The molecule has 2 aromatic carbocycles. The summed E-state index contributed by atoms with van der Waals surface area (Å²) in [5.41, 5.74) is 13.8. The molecule has 1 fully saturated rings. The van der Waals surface area contributed by atoms with Crippen molar-refractivity contribution in [3.63, 3.8) is 0 Å². The number of guanidine groups is 1. The fourth-order valence-electron chi connectivity index (χ4n) is 4.11. The first-order valence-electron chi connectivity index (χ1n) is 11.9. The largest absolute Gasteiger partial charge is 0.480 e. The summed E-state index contributed by atoms with van der Waals surface area (Å²) < 4.78 is 0. The number of carbonyl (C=O) groups excluding carboxylic acids is 2. The minimum atomic E-state index is -1.05. The number of amides is 2. The highest BCUT2D eigenvalue weighted by Crippen LogP contribution is 2.17. The molecule has 0 spiro atoms. The molecule has 1 aliphatic heterocycles. The Morgan fingerprint density at radius 3 is 2.34 bits per heavy atom. The van der Waals surface area contributed by atoms with Crippen molar-refractivity contribution in [3.05, 3.63) is 65.2 Å². The number of piperidine rings is 1. The number of hydrogen-bond acceptors (Lipinski definition) is 4. The molecule has 186 valence electrons. The highest BCUT2D eigenvalue weighted by atomic mass is 16.4. The lowest BCUT2D eigenvalue weighted by Gasteiger charge is -2.28. The maximum Gasteiger partial charge on any atom is 0.326 e. The van der Waals surface area contributed by atoms with Crippen LogP contribution in [0.5, 0.6) is 0 Å². The number of aliphatic imine (C=N–C) groups is 1. The van der Waals surface area contributed by atoms with Crippen LogP contribution in [0.4, 0.5) is 10.5 Å². The molecule has 1 unspecified atom stereocenters. The van der Waals surface area contributed by atoms with E-state index >= 15 is 0 Å². The number of carbonyl (C=O) groups is 3. The molecule has 0 radical (unpaired) electrons. The minimum absolute atomic E-state index is 0.0167. The summed E-state index contributed by atoms with van der Waals surface area (Å²) in [6.07, 6.45) is 4.98. The van der Waals surface area contributed by atoms with Crippen molar-refractivity contribution in [2.24, 2.45) is 16.5 Å². The molecule has 6 N–H and O–H groups in total. The van der Waals surface area contributed by atoms with E-state index in [9.17, 15) is 19.5 Å². The Labute approximate surface area is 205 Å². The van der Waals surface area contributed by atoms with Gasteiger partial charge in [0.25, 0.3) is 0 Å². The molecule has 35 heavy (non-hydrogen) atoms. The van der Waals surface area contributed by atoms with Crippen LogP contribution in [0.25, 0.3) is 0 Å². The Morgan fingerprint density at radius 1 is 1.00 bits per heavy atom. The Bertz CT molecular complexity index is 1060. The summed E-state index contributed by atoms with van der Waals surface area (Å²) in [6, 6.07) is 13.2. The predicted molar refractivity (Wildman–Crippen MR) is 135 cm³/mol. The van der Waals surface area contributed by atoms with Crippen LogP contribution in [-0.4, -0.2) is 52.9 Å². The summed E-state index contributed by atoms with van der Waals surface area (Å²) in [4.78, 5) is 42.3. The van der Waals surface area contributed by atoms with Crippen molar-refractivity contribution in [1.82, 2.24) is 10.2 Å². The van der Waals surface area contributed by atoms with E-state index in [1.54, 1.807) is 29.2 Å². The third-order valence-corrected chi connectivity index (χ3v) is 6.00. The first-order chi connectivity index (χ1) is 16.8. The lowest BCUT2D eigenvalue weighted by atomic mass is 10.00. The SMILES string of the molecule is NC(N)=Nc1cccc(C(=O)CCCc2ccc(CC(NC(=O)N3CCCCC3)C(=O)O)cc2)c1. The van der Waals surface area contributed by atoms with Crippen LogP contribution in [0, 0.1) is 0 Å². The van der Waals surface area contributed by atoms with Crippen molar-refractivity contribution in [2.75, 3.05) is 13.1 Å². The van der Waals surface area contributed by atoms with E-state index in [1.165, 1.54) is 0 Å². The zero-order valence-corrected chi connectivity index (χ0v) is 19.8. The summed E-state index contributed by atoms with van der Waals surface area (Å²) in [5.74, 6) is -1.10. The van der Waals surface area contributed by atoms with E-state index in [4.69, 9.17) is 11.5 Å². The van der Waals surface area contributed by atoms with Crippen LogP contribution in [-0.2, 0) is 17.6 Å². The minimum Gasteiger partial charge on any atom is -0.480 e. The number of Topliss-reactive ketones (excluding diaryl/α,β-unsaturated/α-hetero) is 1. The van der Waals surface area contributed by atoms with Crippen molar-refractivity contribution in [3.8, 4) is 0 Å². The van der Waals surface area contributed by atoms with Gasteiger partial charge < -0.3 is 26.8 Å². The molecule has 0 aromatic heterocycles. The van der Waals surface area contributed by atoms with Gasteiger partial charge in [0.15, 0.2) is 11.7 Å². The Hall–Kier alpha value is -3.88. The quantitative estimate of drug-likeness (QED) is 0.234. The topological polar surface area (TPSA) is 151 Å². The lowest BCUT2D eigenvalue weighted by Crippen LogP contribution is -2.50. The van der Waals surface area contributed by atoms with E-state index in [0.717, 1.165) is 30.4 Å². The van der Waals surface area contributed by atoms with Crippen LogP contribution < -0.4 is 16.8 Å². The summed E-state index contributed by atoms with van der Waals surface area (Å²) in [7, 11) is 0. The van der Waals surface area contributed by atoms with Crippen LogP contribution >= 0.6 is 0 Å². The molecule has 0 bridgehead atoms. The Kier molecular flexibility index (Phi) is 9.23. The number of nitrogens with zero attached hydrogens (tertiary/aromatic N) is 2. The highest BCUT2D eigenvalue weighted by Gasteiger charge is 2.24. The van der Waals surface area contributed by atoms with Gasteiger partial charge in [0.2, 0.25) is 0 Å². The summed E-state index contributed by atoms with van der Waals surface area (Å²) >= 11 is 0. The second-order valence-electron chi connectivity index (χ2n) is 8.77. The molecule has 1 heterocycles. The third kappa shape index (κ3) is 8.13. The number of nitrogens with two attached hydrogens (primary N) is 2. The van der Waals surface area contributed by atoms with Crippen LogP contribution in [0.1, 0.15) is 53.6 Å². The summed E-state index contributed by atoms with van der Waals surface area (Å²) in [5, 5.41) is 12.2. The number of urea groups is 1. The van der Waals surface area contributed by atoms with Gasteiger partial charge in [-0.05, 0) is 55.4 Å². The van der Waals surface area contributed by atoms with Gasteiger partial charge in [-0.1, -0.05) is 36.4 Å². The van der Waals surface area contributed by atoms with Crippen LogP contribution in [0.2, 0.25) is 0 Å². The zero-order valence-electron chi connectivity index (χ0n) is 19.8. The molecule has 1 aliphatic rings. The first kappa shape index (κ1) is 25.7. The second-order valence-corrected chi connectivity index (χ2v) is 8.77. The smallest absolute Gasteiger partial charge is 0.326 e. The van der Waals surface area contributed by atoms with Crippen molar-refractivity contribution in [1.29, 1.82) is 0 Å². The molecule has 9 heteroatoms. The number of aliphatic carboxylic acids is 1. The average molecular weight is 480 g/mol. The normalized spacial score (nSPS) is 14.1. The predicted octanol–water partition coefficient (Wildman–Crippen LogP) is 2.99. The number of benzene rings is 2. The monoisotopic (exact) mass is 479 g/mol. The highest BCUT2D eigenvalue weighted by molar-refractivity contribution is 5.97. The average Bonchev–Trinajstić information content (AvgIpc) is 2.84. The zero-order chi connectivity index (χ0) is 25.2. The molecule has 2 aromatic rings. The first-order valence-corrected chi connectivity index (χ1v) is 11.9. The van der Waals surface area contributed by atoms with E-state index < -0.39 is 12.0 Å². The maximum absolute atomic E-state index is 12.5. The molecule has 1 saturated heterocycles. The molecule has 1 atom stereocenters. The third-order valence-electron chi connectivity index (χ3n) is 6.00. The van der Waals surface area contributed by atoms with E-state index in [2.05, 4.69) is 10.3 Å². The van der Waals surface area contributed by atoms with Gasteiger partial charge >= 0.3 is 12.0 Å². The van der Waals surface area contributed by atoms with Gasteiger partial charge in [-0.15, -0.1) is 0 Å². The van der Waals surface area contributed by atoms with Gasteiger partial charge in [0, 0.05) is 31.5 Å². The molecule has 3 rings (SSSR count). The van der Waals surface area contributed by atoms with Crippen LogP contribution in [0.3, 0.4) is 0 Å². The Balaban J connectivity index is 1.49. The van der Waals surface area contributed by atoms with Crippen LogP contribution in [0.15, 0.2) is 53.5 Å². The van der Waals surface area contributed by atoms with E-state index in [0.29, 0.717) is 43.6 Å². The van der Waals surface area contributed by atoms with Gasteiger partial charge in [-0.3, -0.25) is 4.79 Å². The van der Waals surface area contributed by atoms with E-state index in [-0.39, 0.29) is 24.2 Å². The number of rotatable bonds is 10. The maximum atomic E-state index is 12.5. The fourth-order valence-corrected chi connectivity index (χ4v) is 4.11. The number of ketones is 1. The van der Waals surface area contributed by atoms with E-state index in [1.807, 2.05) is 24.3 Å². The molecule has 0 saturated carbocycles. The van der Waals surface area contributed by atoms with Gasteiger partial charge in [0.1, 0.15) is 6.04 Å². The molecule has 2 amide bonds. The summed E-state index contributed by atoms with van der Waals surface area (Å²) in [6.45, 7) is 1.33. The van der Waals surface area contributed by atoms with Gasteiger partial charge in [0.05, 0.1) is 5.69 Å². The standard InChI is InChI=1S/C26H33N5O4/c27-25(28)29-21-8-5-7-20(17-21)23(32)9-4-6-18-10-12-19(13-11-18)16-22(24(33)34)30-26(35)31-14-2-1-3-15-31/h5,7-8,10-13,17,22H,1-4,6,9,14-16H2,(H,30,35)(H,33,34)(H4,27,28,29). The number of hydrogen-bond donors (Lipinski definition) is 4. The number of aryl methyl sites for hydroxylation is 1. The Morgan fingerprint density at radius 2 is 1.69 bits per heavy atom. The lowest BCUT2D eigenvalue weighted by molar-refractivity contribution is -0.139. The molecule has 9 nitrogen and oxygen atoms in total. The van der Waals surface area contributed by atoms with Crippen molar-refractivity contribution < 1.29 is 19.5 Å². The number of carboxylic acid groups (broad SMARTS) is 1. The molecular formula is C26H33N5O4.